The third-order valence-corrected chi connectivity index (χ3v) is 3.38. The molecule has 100 valence electrons. The first-order chi connectivity index (χ1) is 8.32. The fourth-order valence-corrected chi connectivity index (χ4v) is 1.79. The molecular weight excluding hydrogens is 230 g/mol. The van der Waals surface area contributed by atoms with Crippen molar-refractivity contribution in [3.63, 3.8) is 0 Å². The third kappa shape index (κ3) is 3.43. The molecule has 0 radical (unpaired) electrons. The molecule has 0 bridgehead atoms. The van der Waals surface area contributed by atoms with Gasteiger partial charge in [-0.1, -0.05) is 19.9 Å². The van der Waals surface area contributed by atoms with E-state index in [9.17, 15) is 10.1 Å². The molecule has 5 heteroatoms. The number of nitrogens with zero attached hydrogens (tertiary/aromatic N) is 2. The number of nitrogen functional groups attached to an aromatic ring is 1. The van der Waals surface area contributed by atoms with E-state index >= 15 is 0 Å². The van der Waals surface area contributed by atoms with Gasteiger partial charge in [0.2, 0.25) is 0 Å². The summed E-state index contributed by atoms with van der Waals surface area (Å²) < 4.78 is 0. The van der Waals surface area contributed by atoms with Crippen LogP contribution in [0.4, 0.5) is 11.4 Å². The van der Waals surface area contributed by atoms with Gasteiger partial charge in [0, 0.05) is 18.7 Å². The monoisotopic (exact) mass is 251 g/mol. The summed E-state index contributed by atoms with van der Waals surface area (Å²) in [6, 6.07) is 5.41. The van der Waals surface area contributed by atoms with Crippen LogP contribution in [-0.4, -0.2) is 22.9 Å². The van der Waals surface area contributed by atoms with Crippen molar-refractivity contribution in [2.45, 2.75) is 33.4 Å². The lowest BCUT2D eigenvalue weighted by Gasteiger charge is -2.27. The molecule has 0 heterocycles. The first-order valence-corrected chi connectivity index (χ1v) is 6.06. The van der Waals surface area contributed by atoms with Gasteiger partial charge < -0.3 is 5.73 Å². The predicted octanol–water partition coefficient (Wildman–Crippen LogP) is 2.65. The van der Waals surface area contributed by atoms with Gasteiger partial charge in [-0.2, -0.15) is 0 Å². The number of nitrogens with two attached hydrogens (primary N) is 1. The van der Waals surface area contributed by atoms with Crippen LogP contribution in [0.25, 0.3) is 0 Å². The second-order valence-electron chi connectivity index (χ2n) is 5.05. The van der Waals surface area contributed by atoms with Crippen molar-refractivity contribution in [3.05, 3.63) is 33.9 Å². The highest BCUT2D eigenvalue weighted by Crippen LogP contribution is 2.23. The molecule has 0 aliphatic heterocycles. The van der Waals surface area contributed by atoms with Crippen LogP contribution in [0.1, 0.15) is 26.3 Å². The average molecular weight is 251 g/mol. The van der Waals surface area contributed by atoms with Crippen LogP contribution in [0.5, 0.6) is 0 Å². The molecule has 1 atom stereocenters. The number of rotatable bonds is 5. The van der Waals surface area contributed by atoms with Gasteiger partial charge >= 0.3 is 0 Å². The van der Waals surface area contributed by atoms with E-state index in [2.05, 4.69) is 25.7 Å². The number of anilines is 1. The molecule has 18 heavy (non-hydrogen) atoms. The summed E-state index contributed by atoms with van der Waals surface area (Å²) >= 11 is 0. The quantitative estimate of drug-likeness (QED) is 0.496. The number of hydrogen-bond donors (Lipinski definition) is 1. The topological polar surface area (TPSA) is 72.4 Å². The van der Waals surface area contributed by atoms with E-state index in [1.165, 1.54) is 0 Å². The Hall–Kier alpha value is -1.62. The third-order valence-electron chi connectivity index (χ3n) is 3.38. The highest BCUT2D eigenvalue weighted by Gasteiger charge is 2.16. The van der Waals surface area contributed by atoms with Crippen molar-refractivity contribution in [1.82, 2.24) is 4.90 Å². The van der Waals surface area contributed by atoms with Gasteiger partial charge in [0.15, 0.2) is 0 Å². The molecule has 0 aliphatic rings. The van der Waals surface area contributed by atoms with Crippen molar-refractivity contribution in [2.75, 3.05) is 12.8 Å². The van der Waals surface area contributed by atoms with E-state index in [-0.39, 0.29) is 11.4 Å². The Labute approximate surface area is 108 Å². The van der Waals surface area contributed by atoms with E-state index in [0.29, 0.717) is 18.5 Å². The molecule has 0 amide bonds. The van der Waals surface area contributed by atoms with Crippen LogP contribution < -0.4 is 5.73 Å². The maximum absolute atomic E-state index is 10.8. The Morgan fingerprint density at radius 1 is 1.39 bits per heavy atom. The van der Waals surface area contributed by atoms with Crippen molar-refractivity contribution in [2.24, 2.45) is 5.92 Å². The molecule has 5 nitrogen and oxygen atoms in total. The number of nitro groups is 1. The highest BCUT2D eigenvalue weighted by molar-refractivity contribution is 5.59. The van der Waals surface area contributed by atoms with Gasteiger partial charge in [0.1, 0.15) is 5.69 Å². The first kappa shape index (κ1) is 14.4. The van der Waals surface area contributed by atoms with Crippen LogP contribution in [-0.2, 0) is 6.54 Å². The lowest BCUT2D eigenvalue weighted by atomic mass is 10.0. The summed E-state index contributed by atoms with van der Waals surface area (Å²) in [6.45, 7) is 7.15. The van der Waals surface area contributed by atoms with Gasteiger partial charge in [-0.25, -0.2) is 0 Å². The zero-order valence-electron chi connectivity index (χ0n) is 11.4. The van der Waals surface area contributed by atoms with Crippen molar-refractivity contribution < 1.29 is 4.92 Å². The standard InChI is InChI=1S/C13H21N3O2/c1-9(2)10(3)15(4)8-11-5-6-12(14)13(7-11)16(17)18/h5-7,9-10H,8,14H2,1-4H3. The van der Waals surface area contributed by atoms with Crippen molar-refractivity contribution in [1.29, 1.82) is 0 Å². The minimum Gasteiger partial charge on any atom is -0.393 e. The number of hydrogen-bond acceptors (Lipinski definition) is 4. The van der Waals surface area contributed by atoms with E-state index < -0.39 is 4.92 Å². The normalized spacial score (nSPS) is 13.0. The predicted molar refractivity (Wildman–Crippen MR) is 73.3 cm³/mol. The van der Waals surface area contributed by atoms with Crippen molar-refractivity contribution >= 4 is 11.4 Å². The Balaban J connectivity index is 2.86. The smallest absolute Gasteiger partial charge is 0.292 e. The summed E-state index contributed by atoms with van der Waals surface area (Å²) in [6.07, 6.45) is 0. The zero-order valence-corrected chi connectivity index (χ0v) is 11.4. The highest BCUT2D eigenvalue weighted by atomic mass is 16.6. The molecule has 1 aromatic carbocycles. The number of benzene rings is 1. The largest absolute Gasteiger partial charge is 0.393 e. The van der Waals surface area contributed by atoms with E-state index in [0.717, 1.165) is 5.56 Å². The minimum absolute atomic E-state index is 0.0156. The Morgan fingerprint density at radius 2 is 2.00 bits per heavy atom. The van der Waals surface area contributed by atoms with Gasteiger partial charge in [-0.15, -0.1) is 0 Å². The van der Waals surface area contributed by atoms with Gasteiger partial charge in [-0.05, 0) is 31.5 Å². The minimum atomic E-state index is -0.440. The Bertz CT molecular complexity index is 432. The fourth-order valence-electron chi connectivity index (χ4n) is 1.79. The molecule has 0 saturated heterocycles. The molecule has 2 N–H and O–H groups in total. The first-order valence-electron chi connectivity index (χ1n) is 6.06. The second-order valence-corrected chi connectivity index (χ2v) is 5.05. The van der Waals surface area contributed by atoms with Crippen molar-refractivity contribution in [3.8, 4) is 0 Å². The zero-order chi connectivity index (χ0) is 13.9. The Kier molecular flexibility index (Phi) is 4.67. The van der Waals surface area contributed by atoms with Gasteiger partial charge in [-0.3, -0.25) is 15.0 Å². The Morgan fingerprint density at radius 3 is 2.50 bits per heavy atom. The van der Waals surface area contributed by atoms with Gasteiger partial charge in [0.05, 0.1) is 4.92 Å². The van der Waals surface area contributed by atoms with E-state index in [4.69, 9.17) is 5.73 Å². The SMILES string of the molecule is CC(C)C(C)N(C)Cc1ccc(N)c([N+](=O)[O-])c1. The number of nitro benzene ring substituents is 1. The summed E-state index contributed by atoms with van der Waals surface area (Å²) in [5.41, 5.74) is 6.68. The van der Waals surface area contributed by atoms with E-state index in [1.807, 2.05) is 13.1 Å². The maximum atomic E-state index is 10.8. The molecule has 0 saturated carbocycles. The second kappa shape index (κ2) is 5.82. The van der Waals surface area contributed by atoms with Gasteiger partial charge in [0.25, 0.3) is 5.69 Å². The van der Waals surface area contributed by atoms with E-state index in [1.54, 1.807) is 12.1 Å². The molecular formula is C13H21N3O2. The van der Waals surface area contributed by atoms with Crippen LogP contribution in [0.15, 0.2) is 18.2 Å². The summed E-state index contributed by atoms with van der Waals surface area (Å²) in [5, 5.41) is 10.8. The van der Waals surface area contributed by atoms with Crippen LogP contribution in [0.3, 0.4) is 0 Å². The fraction of sp³-hybridized carbons (Fsp3) is 0.538. The maximum Gasteiger partial charge on any atom is 0.292 e. The van der Waals surface area contributed by atoms with Crippen LogP contribution in [0.2, 0.25) is 0 Å². The molecule has 0 aromatic heterocycles. The lowest BCUT2D eigenvalue weighted by molar-refractivity contribution is -0.384. The molecule has 0 aliphatic carbocycles. The molecule has 1 aromatic rings. The molecule has 0 spiro atoms. The van der Waals surface area contributed by atoms with Crippen LogP contribution in [0, 0.1) is 16.0 Å². The molecule has 1 rings (SSSR count). The van der Waals surface area contributed by atoms with Crippen LogP contribution >= 0.6 is 0 Å². The summed E-state index contributed by atoms with van der Waals surface area (Å²) in [4.78, 5) is 12.6. The summed E-state index contributed by atoms with van der Waals surface area (Å²) in [7, 11) is 2.02. The summed E-state index contributed by atoms with van der Waals surface area (Å²) in [5.74, 6) is 0.541. The molecule has 1 unspecified atom stereocenters. The molecule has 0 fully saturated rings. The lowest BCUT2D eigenvalue weighted by Crippen LogP contribution is -2.32. The average Bonchev–Trinajstić information content (AvgIpc) is 2.29.